The molecular formula is C22H25N5O2. The number of ether oxygens (including phenoxy) is 1. The molecule has 2 atom stereocenters. The van der Waals surface area contributed by atoms with Gasteiger partial charge in [0.25, 0.3) is 5.91 Å². The number of aromatic nitrogens is 3. The minimum Gasteiger partial charge on any atom is -0.378 e. The Hall–Kier alpha value is -2.77. The lowest BCUT2D eigenvalue weighted by Crippen LogP contribution is -2.60. The first-order valence-corrected chi connectivity index (χ1v) is 10.2. The van der Waals surface area contributed by atoms with Crippen LogP contribution in [-0.2, 0) is 4.74 Å². The van der Waals surface area contributed by atoms with E-state index in [0.717, 1.165) is 38.1 Å². The molecule has 0 radical (unpaired) electrons. The topological polar surface area (TPSA) is 63.0 Å². The number of amides is 1. The molecule has 0 aliphatic carbocycles. The van der Waals surface area contributed by atoms with Crippen molar-refractivity contribution >= 4 is 11.6 Å². The van der Waals surface area contributed by atoms with Crippen LogP contribution in [0.25, 0.3) is 5.65 Å². The molecule has 0 saturated carbocycles. The lowest BCUT2D eigenvalue weighted by Gasteiger charge is -2.52. The van der Waals surface area contributed by atoms with Crippen LogP contribution in [0.5, 0.6) is 0 Å². The maximum absolute atomic E-state index is 12.9. The van der Waals surface area contributed by atoms with E-state index >= 15 is 0 Å². The molecule has 0 bridgehead atoms. The van der Waals surface area contributed by atoms with Crippen molar-refractivity contribution < 1.29 is 9.53 Å². The molecule has 5 rings (SSSR count). The number of carbonyl (C=O) groups is 1. The first kappa shape index (κ1) is 18.3. The van der Waals surface area contributed by atoms with Gasteiger partial charge in [0.15, 0.2) is 0 Å². The van der Waals surface area contributed by atoms with Crippen LogP contribution in [0.2, 0.25) is 0 Å². The van der Waals surface area contributed by atoms with Crippen LogP contribution in [0.15, 0.2) is 55.1 Å². The van der Waals surface area contributed by atoms with Crippen molar-refractivity contribution in [1.82, 2.24) is 24.2 Å². The van der Waals surface area contributed by atoms with Gasteiger partial charge >= 0.3 is 0 Å². The quantitative estimate of drug-likeness (QED) is 0.683. The molecule has 2 saturated heterocycles. The summed E-state index contributed by atoms with van der Waals surface area (Å²) in [7, 11) is 1.78. The summed E-state index contributed by atoms with van der Waals surface area (Å²) in [5.41, 5.74) is 2.52. The number of methoxy groups -OCH3 is 1. The summed E-state index contributed by atoms with van der Waals surface area (Å²) >= 11 is 0. The predicted molar refractivity (Wildman–Crippen MR) is 109 cm³/mol. The molecule has 7 nitrogen and oxygen atoms in total. The highest BCUT2D eigenvalue weighted by molar-refractivity contribution is 5.93. The third-order valence-corrected chi connectivity index (χ3v) is 6.23. The molecule has 2 aliphatic rings. The van der Waals surface area contributed by atoms with E-state index in [4.69, 9.17) is 4.74 Å². The van der Waals surface area contributed by atoms with E-state index < -0.39 is 0 Å². The molecule has 2 aliphatic heterocycles. The van der Waals surface area contributed by atoms with Crippen LogP contribution >= 0.6 is 0 Å². The number of hydrogen-bond acceptors (Lipinski definition) is 5. The summed E-state index contributed by atoms with van der Waals surface area (Å²) in [6, 6.07) is 10.6. The highest BCUT2D eigenvalue weighted by Crippen LogP contribution is 2.39. The highest BCUT2D eigenvalue weighted by atomic mass is 16.5. The number of piperidine rings is 1. The molecule has 7 heteroatoms. The summed E-state index contributed by atoms with van der Waals surface area (Å²) in [4.78, 5) is 26.1. The Kier molecular flexibility index (Phi) is 4.77. The fourth-order valence-electron chi connectivity index (χ4n) is 4.63. The van der Waals surface area contributed by atoms with Gasteiger partial charge in [0.1, 0.15) is 11.3 Å². The van der Waals surface area contributed by atoms with Crippen LogP contribution in [-0.4, -0.2) is 69.0 Å². The monoisotopic (exact) mass is 391 g/mol. The molecule has 5 heterocycles. The van der Waals surface area contributed by atoms with E-state index in [0.29, 0.717) is 11.7 Å². The van der Waals surface area contributed by atoms with E-state index in [-0.39, 0.29) is 18.1 Å². The van der Waals surface area contributed by atoms with Crippen LogP contribution in [0.1, 0.15) is 34.9 Å². The van der Waals surface area contributed by atoms with Crippen molar-refractivity contribution in [3.8, 4) is 0 Å². The van der Waals surface area contributed by atoms with E-state index in [2.05, 4.69) is 20.9 Å². The minimum absolute atomic E-state index is 0.0225. The van der Waals surface area contributed by atoms with Gasteiger partial charge < -0.3 is 14.0 Å². The standard InChI is InChI=1S/C22H25N5O2/c1-29-19-15-27(21(19)16-5-4-9-23-13-16)17-7-11-25(12-8-17)22(28)18-14-26-10-3-2-6-20(26)24-18/h2-6,9-10,13-14,17,19,21H,7-8,11-12,15H2,1H3/t19-,21-/m0/s1. The van der Waals surface area contributed by atoms with Crippen molar-refractivity contribution in [1.29, 1.82) is 0 Å². The minimum atomic E-state index is 0.0225. The molecule has 1 amide bonds. The Morgan fingerprint density at radius 3 is 2.76 bits per heavy atom. The molecule has 0 N–H and O–H groups in total. The Bertz CT molecular complexity index is 964. The molecule has 2 fully saturated rings. The Morgan fingerprint density at radius 2 is 2.03 bits per heavy atom. The molecule has 0 unspecified atom stereocenters. The summed E-state index contributed by atoms with van der Waals surface area (Å²) in [6.07, 6.45) is 9.61. The van der Waals surface area contributed by atoms with Crippen LogP contribution in [0, 0.1) is 0 Å². The van der Waals surface area contributed by atoms with Crippen molar-refractivity contribution in [2.75, 3.05) is 26.7 Å². The van der Waals surface area contributed by atoms with E-state index in [9.17, 15) is 4.79 Å². The second-order valence-corrected chi connectivity index (χ2v) is 7.82. The molecule has 0 spiro atoms. The molecule has 150 valence electrons. The average Bonchev–Trinajstić information content (AvgIpc) is 3.18. The summed E-state index contributed by atoms with van der Waals surface area (Å²) in [5.74, 6) is 0.0225. The lowest BCUT2D eigenvalue weighted by atomic mass is 9.87. The molecule has 0 aromatic carbocycles. The Balaban J connectivity index is 1.25. The summed E-state index contributed by atoms with van der Waals surface area (Å²) in [5, 5.41) is 0. The number of hydrogen-bond donors (Lipinski definition) is 0. The third-order valence-electron chi connectivity index (χ3n) is 6.23. The summed E-state index contributed by atoms with van der Waals surface area (Å²) in [6.45, 7) is 2.44. The van der Waals surface area contributed by atoms with Crippen LogP contribution < -0.4 is 0 Å². The molecular weight excluding hydrogens is 366 g/mol. The zero-order valence-corrected chi connectivity index (χ0v) is 16.5. The van der Waals surface area contributed by atoms with Crippen molar-refractivity contribution in [3.05, 3.63) is 66.4 Å². The normalized spacial score (nSPS) is 23.3. The number of imidazole rings is 1. The second kappa shape index (κ2) is 7.57. The SMILES string of the molecule is CO[C@H]1CN(C2CCN(C(=O)c3cn4ccccc4n3)CC2)[C@H]1c1cccnc1. The fourth-order valence-corrected chi connectivity index (χ4v) is 4.63. The van der Waals surface area contributed by atoms with Gasteiger partial charge in [-0.3, -0.25) is 14.7 Å². The van der Waals surface area contributed by atoms with Gasteiger partial charge in [-0.1, -0.05) is 12.1 Å². The molecule has 3 aromatic rings. The van der Waals surface area contributed by atoms with Crippen LogP contribution in [0.4, 0.5) is 0 Å². The van der Waals surface area contributed by atoms with Crippen molar-refractivity contribution in [2.45, 2.75) is 31.0 Å². The Labute approximate surface area is 169 Å². The van der Waals surface area contributed by atoms with Gasteiger partial charge in [0.2, 0.25) is 0 Å². The number of pyridine rings is 2. The van der Waals surface area contributed by atoms with E-state index in [1.165, 1.54) is 5.56 Å². The molecule has 29 heavy (non-hydrogen) atoms. The predicted octanol–water partition coefficient (Wildman–Crippen LogP) is 2.41. The number of fused-ring (bicyclic) bond motifs is 1. The van der Waals surface area contributed by atoms with Gasteiger partial charge in [-0.05, 0) is 36.6 Å². The van der Waals surface area contributed by atoms with Crippen LogP contribution in [0.3, 0.4) is 0 Å². The Morgan fingerprint density at radius 1 is 1.17 bits per heavy atom. The number of likely N-dealkylation sites (tertiary alicyclic amines) is 2. The maximum atomic E-state index is 12.9. The number of nitrogens with zero attached hydrogens (tertiary/aromatic N) is 5. The first-order valence-electron chi connectivity index (χ1n) is 10.2. The zero-order chi connectivity index (χ0) is 19.8. The third kappa shape index (κ3) is 3.30. The van der Waals surface area contributed by atoms with Gasteiger partial charge in [0, 0.05) is 57.6 Å². The van der Waals surface area contributed by atoms with E-state index in [1.54, 1.807) is 13.3 Å². The number of carbonyl (C=O) groups excluding carboxylic acids is 1. The van der Waals surface area contributed by atoms with Gasteiger partial charge in [-0.15, -0.1) is 0 Å². The largest absolute Gasteiger partial charge is 0.378 e. The lowest BCUT2D eigenvalue weighted by molar-refractivity contribution is -0.115. The first-order chi connectivity index (χ1) is 14.2. The summed E-state index contributed by atoms with van der Waals surface area (Å²) < 4.78 is 7.57. The second-order valence-electron chi connectivity index (χ2n) is 7.82. The van der Waals surface area contributed by atoms with Gasteiger partial charge in [-0.2, -0.15) is 0 Å². The van der Waals surface area contributed by atoms with Crippen molar-refractivity contribution in [3.63, 3.8) is 0 Å². The molecule has 3 aromatic heterocycles. The van der Waals surface area contributed by atoms with Crippen molar-refractivity contribution in [2.24, 2.45) is 0 Å². The highest BCUT2D eigenvalue weighted by Gasteiger charge is 2.44. The van der Waals surface area contributed by atoms with Gasteiger partial charge in [-0.25, -0.2) is 4.98 Å². The zero-order valence-electron chi connectivity index (χ0n) is 16.5. The average molecular weight is 391 g/mol. The fraction of sp³-hybridized carbons (Fsp3) is 0.409. The maximum Gasteiger partial charge on any atom is 0.274 e. The van der Waals surface area contributed by atoms with Gasteiger partial charge in [0.05, 0.1) is 12.1 Å². The van der Waals surface area contributed by atoms with E-state index in [1.807, 2.05) is 52.2 Å². The number of rotatable bonds is 4. The smallest absolute Gasteiger partial charge is 0.274 e.